The Bertz CT molecular complexity index is 584. The Morgan fingerprint density at radius 2 is 1.84 bits per heavy atom. The molecule has 0 fully saturated rings. The number of ether oxygens (including phenoxy) is 1. The minimum atomic E-state index is -0.871. The monoisotopic (exact) mass is 263 g/mol. The van der Waals surface area contributed by atoms with Crippen LogP contribution in [-0.2, 0) is 13.2 Å². The molecule has 0 radical (unpaired) electrons. The smallest absolute Gasteiger partial charge is 0.159 e. The van der Waals surface area contributed by atoms with E-state index >= 15 is 0 Å². The van der Waals surface area contributed by atoms with Crippen molar-refractivity contribution in [2.24, 2.45) is 5.73 Å². The molecule has 0 aliphatic rings. The summed E-state index contributed by atoms with van der Waals surface area (Å²) in [5.74, 6) is -1.07. The van der Waals surface area contributed by atoms with Gasteiger partial charge in [-0.2, -0.15) is 0 Å². The molecule has 0 unspecified atom stereocenters. The van der Waals surface area contributed by atoms with Crippen LogP contribution in [0, 0.1) is 18.6 Å². The molecule has 0 aliphatic carbocycles. The number of aryl methyl sites for hydroxylation is 1. The van der Waals surface area contributed by atoms with Crippen LogP contribution in [0.3, 0.4) is 0 Å². The Morgan fingerprint density at radius 1 is 1.05 bits per heavy atom. The van der Waals surface area contributed by atoms with Crippen LogP contribution >= 0.6 is 0 Å². The predicted molar refractivity (Wildman–Crippen MR) is 69.8 cm³/mol. The number of hydrogen-bond donors (Lipinski definition) is 1. The lowest BCUT2D eigenvalue weighted by Crippen LogP contribution is -2.03. The van der Waals surface area contributed by atoms with E-state index in [1.54, 1.807) is 0 Å². The molecule has 0 spiro atoms. The summed E-state index contributed by atoms with van der Waals surface area (Å²) in [5, 5.41) is 0. The predicted octanol–water partition coefficient (Wildman–Crippen LogP) is 3.31. The second-order valence-electron chi connectivity index (χ2n) is 4.35. The van der Waals surface area contributed by atoms with Gasteiger partial charge in [0.2, 0.25) is 0 Å². The topological polar surface area (TPSA) is 35.2 Å². The molecular formula is C15H15F2NO. The molecule has 0 saturated heterocycles. The van der Waals surface area contributed by atoms with Crippen molar-refractivity contribution in [3.63, 3.8) is 0 Å². The van der Waals surface area contributed by atoms with E-state index in [0.717, 1.165) is 23.3 Å². The van der Waals surface area contributed by atoms with E-state index in [9.17, 15) is 8.78 Å². The van der Waals surface area contributed by atoms with Crippen molar-refractivity contribution in [2.75, 3.05) is 0 Å². The molecule has 19 heavy (non-hydrogen) atoms. The summed E-state index contributed by atoms with van der Waals surface area (Å²) in [7, 11) is 0. The summed E-state index contributed by atoms with van der Waals surface area (Å²) < 4.78 is 31.4. The van der Waals surface area contributed by atoms with Gasteiger partial charge in [-0.25, -0.2) is 8.78 Å². The molecule has 0 saturated carbocycles. The molecule has 2 N–H and O–H groups in total. The van der Waals surface area contributed by atoms with E-state index < -0.39 is 11.6 Å². The quantitative estimate of drug-likeness (QED) is 0.918. The Labute approximate surface area is 110 Å². The highest BCUT2D eigenvalue weighted by Crippen LogP contribution is 2.21. The normalized spacial score (nSPS) is 10.5. The largest absolute Gasteiger partial charge is 0.489 e. The number of nitrogens with two attached hydrogens (primary N) is 1. The SMILES string of the molecule is Cc1ccc(OCc2ccc(F)c(F)c2)c(CN)c1. The zero-order chi connectivity index (χ0) is 13.8. The van der Waals surface area contributed by atoms with E-state index in [0.29, 0.717) is 17.9 Å². The lowest BCUT2D eigenvalue weighted by atomic mass is 10.1. The molecule has 2 aromatic carbocycles. The molecule has 2 nitrogen and oxygen atoms in total. The van der Waals surface area contributed by atoms with Gasteiger partial charge < -0.3 is 10.5 Å². The maximum absolute atomic E-state index is 13.1. The lowest BCUT2D eigenvalue weighted by molar-refractivity contribution is 0.302. The van der Waals surface area contributed by atoms with Crippen molar-refractivity contribution in [1.29, 1.82) is 0 Å². The molecule has 0 heterocycles. The number of rotatable bonds is 4. The van der Waals surface area contributed by atoms with Crippen LogP contribution in [0.15, 0.2) is 36.4 Å². The maximum atomic E-state index is 13.1. The fourth-order valence-electron chi connectivity index (χ4n) is 1.80. The van der Waals surface area contributed by atoms with Crippen LogP contribution in [0.4, 0.5) is 8.78 Å². The fraction of sp³-hybridized carbons (Fsp3) is 0.200. The van der Waals surface area contributed by atoms with Crippen LogP contribution < -0.4 is 10.5 Å². The fourth-order valence-corrected chi connectivity index (χ4v) is 1.80. The zero-order valence-corrected chi connectivity index (χ0v) is 10.6. The Hall–Kier alpha value is -1.94. The highest BCUT2D eigenvalue weighted by molar-refractivity contribution is 5.37. The highest BCUT2D eigenvalue weighted by Gasteiger charge is 2.05. The number of benzene rings is 2. The first-order valence-electron chi connectivity index (χ1n) is 5.96. The minimum absolute atomic E-state index is 0.174. The van der Waals surface area contributed by atoms with Crippen molar-refractivity contribution in [1.82, 2.24) is 0 Å². The lowest BCUT2D eigenvalue weighted by Gasteiger charge is -2.11. The number of hydrogen-bond acceptors (Lipinski definition) is 2. The van der Waals surface area contributed by atoms with Gasteiger partial charge in [0.05, 0.1) is 0 Å². The van der Waals surface area contributed by atoms with Crippen LogP contribution in [0.2, 0.25) is 0 Å². The maximum Gasteiger partial charge on any atom is 0.159 e. The van der Waals surface area contributed by atoms with E-state index in [1.807, 2.05) is 25.1 Å². The Kier molecular flexibility index (Phi) is 4.12. The van der Waals surface area contributed by atoms with Gasteiger partial charge in [-0.15, -0.1) is 0 Å². The summed E-state index contributed by atoms with van der Waals surface area (Å²) >= 11 is 0. The molecule has 0 aromatic heterocycles. The summed E-state index contributed by atoms with van der Waals surface area (Å²) in [6, 6.07) is 9.41. The third-order valence-corrected chi connectivity index (χ3v) is 2.81. The highest BCUT2D eigenvalue weighted by atomic mass is 19.2. The van der Waals surface area contributed by atoms with E-state index in [-0.39, 0.29) is 6.61 Å². The molecular weight excluding hydrogens is 248 g/mol. The third-order valence-electron chi connectivity index (χ3n) is 2.81. The van der Waals surface area contributed by atoms with Gasteiger partial charge in [-0.1, -0.05) is 23.8 Å². The van der Waals surface area contributed by atoms with Crippen molar-refractivity contribution < 1.29 is 13.5 Å². The standard InChI is InChI=1S/C15H15F2NO/c1-10-2-5-15(12(6-10)8-18)19-9-11-3-4-13(16)14(17)7-11/h2-7H,8-9,18H2,1H3. The first-order chi connectivity index (χ1) is 9.10. The van der Waals surface area contributed by atoms with Crippen LogP contribution in [-0.4, -0.2) is 0 Å². The van der Waals surface area contributed by atoms with Gasteiger partial charge in [0.15, 0.2) is 11.6 Å². The van der Waals surface area contributed by atoms with E-state index in [1.165, 1.54) is 6.07 Å². The summed E-state index contributed by atoms with van der Waals surface area (Å²) in [6.45, 7) is 2.51. The molecule has 100 valence electrons. The molecule has 2 rings (SSSR count). The van der Waals surface area contributed by atoms with Gasteiger partial charge in [-0.3, -0.25) is 0 Å². The molecule has 0 amide bonds. The second-order valence-corrected chi connectivity index (χ2v) is 4.35. The Morgan fingerprint density at radius 3 is 2.53 bits per heavy atom. The van der Waals surface area contributed by atoms with Gasteiger partial charge in [-0.05, 0) is 30.7 Å². The van der Waals surface area contributed by atoms with Crippen molar-refractivity contribution >= 4 is 0 Å². The van der Waals surface area contributed by atoms with Gasteiger partial charge in [0, 0.05) is 12.1 Å². The van der Waals surface area contributed by atoms with Crippen LogP contribution in [0.25, 0.3) is 0 Å². The summed E-state index contributed by atoms with van der Waals surface area (Å²) in [6.07, 6.45) is 0. The van der Waals surface area contributed by atoms with Crippen LogP contribution in [0.1, 0.15) is 16.7 Å². The average molecular weight is 263 g/mol. The van der Waals surface area contributed by atoms with Gasteiger partial charge in [0.25, 0.3) is 0 Å². The average Bonchev–Trinajstić information content (AvgIpc) is 2.41. The van der Waals surface area contributed by atoms with Crippen molar-refractivity contribution in [3.05, 3.63) is 64.7 Å². The first kappa shape index (κ1) is 13.5. The zero-order valence-electron chi connectivity index (χ0n) is 10.6. The third kappa shape index (κ3) is 3.29. The van der Waals surface area contributed by atoms with Gasteiger partial charge >= 0.3 is 0 Å². The van der Waals surface area contributed by atoms with E-state index in [2.05, 4.69) is 0 Å². The Balaban J connectivity index is 2.12. The van der Waals surface area contributed by atoms with Crippen molar-refractivity contribution in [3.8, 4) is 5.75 Å². The van der Waals surface area contributed by atoms with E-state index in [4.69, 9.17) is 10.5 Å². The molecule has 2 aromatic rings. The summed E-state index contributed by atoms with van der Waals surface area (Å²) in [5.41, 5.74) is 8.20. The molecule has 4 heteroatoms. The molecule has 0 bridgehead atoms. The summed E-state index contributed by atoms with van der Waals surface area (Å²) in [4.78, 5) is 0. The number of halogens is 2. The first-order valence-corrected chi connectivity index (χ1v) is 5.96. The van der Waals surface area contributed by atoms with Crippen LogP contribution in [0.5, 0.6) is 5.75 Å². The van der Waals surface area contributed by atoms with Gasteiger partial charge in [0.1, 0.15) is 12.4 Å². The minimum Gasteiger partial charge on any atom is -0.489 e. The van der Waals surface area contributed by atoms with Crippen molar-refractivity contribution in [2.45, 2.75) is 20.1 Å². The molecule has 0 atom stereocenters. The second kappa shape index (κ2) is 5.80. The molecule has 0 aliphatic heterocycles.